The third-order valence-corrected chi connectivity index (χ3v) is 4.16. The average Bonchev–Trinajstić information content (AvgIpc) is 2.89. The molecule has 1 aromatic carbocycles. The fourth-order valence-corrected chi connectivity index (χ4v) is 2.95. The van der Waals surface area contributed by atoms with Crippen LogP contribution in [0.4, 0.5) is 0 Å². The lowest BCUT2D eigenvalue weighted by Crippen LogP contribution is -2.37. The standard InChI is InChI=1S/C15H16O2S/c1-2-15(14(16)17,10-12-8-9-18-11-12)13-6-4-3-5-7-13/h3-9,11H,2,10H2,1H3,(H,16,17). The Morgan fingerprint density at radius 2 is 2.00 bits per heavy atom. The number of hydrogen-bond donors (Lipinski definition) is 1. The van der Waals surface area contributed by atoms with Crippen LogP contribution in [0.25, 0.3) is 0 Å². The van der Waals surface area contributed by atoms with Crippen LogP contribution in [-0.2, 0) is 16.6 Å². The quantitative estimate of drug-likeness (QED) is 0.889. The minimum Gasteiger partial charge on any atom is -0.481 e. The second kappa shape index (κ2) is 5.36. The van der Waals surface area contributed by atoms with E-state index in [0.29, 0.717) is 12.8 Å². The summed E-state index contributed by atoms with van der Waals surface area (Å²) in [6.45, 7) is 1.94. The van der Waals surface area contributed by atoms with E-state index in [4.69, 9.17) is 0 Å². The third-order valence-electron chi connectivity index (χ3n) is 3.43. The summed E-state index contributed by atoms with van der Waals surface area (Å²) in [5, 5.41) is 13.7. The Kier molecular flexibility index (Phi) is 3.82. The molecule has 1 heterocycles. The van der Waals surface area contributed by atoms with Crippen LogP contribution in [0.5, 0.6) is 0 Å². The highest BCUT2D eigenvalue weighted by Crippen LogP contribution is 2.33. The zero-order valence-electron chi connectivity index (χ0n) is 10.3. The molecule has 0 saturated carbocycles. The summed E-state index contributed by atoms with van der Waals surface area (Å²) in [7, 11) is 0. The highest BCUT2D eigenvalue weighted by Gasteiger charge is 2.38. The van der Waals surface area contributed by atoms with E-state index in [-0.39, 0.29) is 0 Å². The molecular weight excluding hydrogens is 244 g/mol. The van der Waals surface area contributed by atoms with Crippen LogP contribution in [0.3, 0.4) is 0 Å². The molecule has 2 rings (SSSR count). The molecule has 0 fully saturated rings. The highest BCUT2D eigenvalue weighted by atomic mass is 32.1. The smallest absolute Gasteiger partial charge is 0.314 e. The number of carbonyl (C=O) groups is 1. The van der Waals surface area contributed by atoms with Crippen LogP contribution in [0.2, 0.25) is 0 Å². The van der Waals surface area contributed by atoms with Gasteiger partial charge in [-0.05, 0) is 40.8 Å². The molecule has 1 aromatic heterocycles. The fourth-order valence-electron chi connectivity index (χ4n) is 2.28. The Balaban J connectivity index is 2.43. The molecular formula is C15H16O2S. The molecule has 1 N–H and O–H groups in total. The van der Waals surface area contributed by atoms with E-state index < -0.39 is 11.4 Å². The molecule has 0 aliphatic carbocycles. The Labute approximate surface area is 111 Å². The Bertz CT molecular complexity index is 505. The summed E-state index contributed by atoms with van der Waals surface area (Å²) >= 11 is 1.60. The van der Waals surface area contributed by atoms with Crippen molar-refractivity contribution >= 4 is 17.3 Å². The average molecular weight is 260 g/mol. The van der Waals surface area contributed by atoms with Crippen LogP contribution in [0, 0.1) is 0 Å². The van der Waals surface area contributed by atoms with E-state index in [1.165, 1.54) is 0 Å². The van der Waals surface area contributed by atoms with Gasteiger partial charge in [0.1, 0.15) is 0 Å². The number of benzene rings is 1. The van der Waals surface area contributed by atoms with E-state index in [0.717, 1.165) is 11.1 Å². The van der Waals surface area contributed by atoms with Crippen molar-refractivity contribution in [1.82, 2.24) is 0 Å². The molecule has 0 bridgehead atoms. The van der Waals surface area contributed by atoms with Gasteiger partial charge in [-0.1, -0.05) is 37.3 Å². The normalized spacial score (nSPS) is 14.1. The van der Waals surface area contributed by atoms with Crippen molar-refractivity contribution in [3.63, 3.8) is 0 Å². The summed E-state index contributed by atoms with van der Waals surface area (Å²) in [6.07, 6.45) is 1.13. The van der Waals surface area contributed by atoms with E-state index >= 15 is 0 Å². The number of carboxylic acid groups (broad SMARTS) is 1. The molecule has 94 valence electrons. The van der Waals surface area contributed by atoms with Crippen molar-refractivity contribution in [3.05, 3.63) is 58.3 Å². The van der Waals surface area contributed by atoms with Crippen LogP contribution < -0.4 is 0 Å². The molecule has 1 atom stereocenters. The van der Waals surface area contributed by atoms with E-state index in [9.17, 15) is 9.90 Å². The lowest BCUT2D eigenvalue weighted by atomic mass is 9.74. The molecule has 2 nitrogen and oxygen atoms in total. The maximum Gasteiger partial charge on any atom is 0.314 e. The van der Waals surface area contributed by atoms with Crippen molar-refractivity contribution in [1.29, 1.82) is 0 Å². The van der Waals surface area contributed by atoms with Gasteiger partial charge in [-0.2, -0.15) is 11.3 Å². The first kappa shape index (κ1) is 12.8. The zero-order valence-corrected chi connectivity index (χ0v) is 11.1. The molecule has 3 heteroatoms. The molecule has 0 radical (unpaired) electrons. The number of thiophene rings is 1. The van der Waals surface area contributed by atoms with Crippen LogP contribution in [0.15, 0.2) is 47.2 Å². The van der Waals surface area contributed by atoms with Crippen molar-refractivity contribution in [2.24, 2.45) is 0 Å². The van der Waals surface area contributed by atoms with Crippen molar-refractivity contribution in [2.75, 3.05) is 0 Å². The SMILES string of the molecule is CCC(Cc1ccsc1)(C(=O)O)c1ccccc1. The van der Waals surface area contributed by atoms with Crippen LogP contribution in [0.1, 0.15) is 24.5 Å². The van der Waals surface area contributed by atoms with Gasteiger partial charge in [0, 0.05) is 0 Å². The van der Waals surface area contributed by atoms with Crippen LogP contribution >= 0.6 is 11.3 Å². The summed E-state index contributed by atoms with van der Waals surface area (Å²) in [6, 6.07) is 11.5. The van der Waals surface area contributed by atoms with Gasteiger partial charge in [-0.3, -0.25) is 4.79 Å². The molecule has 0 saturated heterocycles. The molecule has 2 aromatic rings. The topological polar surface area (TPSA) is 37.3 Å². The largest absolute Gasteiger partial charge is 0.481 e. The van der Waals surface area contributed by atoms with Gasteiger partial charge in [0.2, 0.25) is 0 Å². The maximum atomic E-state index is 11.8. The second-order valence-electron chi connectivity index (χ2n) is 4.42. The predicted molar refractivity (Wildman–Crippen MR) is 74.1 cm³/mol. The molecule has 18 heavy (non-hydrogen) atoms. The van der Waals surface area contributed by atoms with Gasteiger partial charge in [0.15, 0.2) is 0 Å². The lowest BCUT2D eigenvalue weighted by molar-refractivity contribution is -0.144. The molecule has 0 spiro atoms. The molecule has 1 unspecified atom stereocenters. The Morgan fingerprint density at radius 1 is 1.28 bits per heavy atom. The minimum absolute atomic E-state index is 0.548. The van der Waals surface area contributed by atoms with E-state index in [2.05, 4.69) is 0 Å². The van der Waals surface area contributed by atoms with Crippen molar-refractivity contribution < 1.29 is 9.90 Å². The third kappa shape index (κ3) is 2.31. The zero-order chi connectivity index (χ0) is 13.0. The first-order valence-electron chi connectivity index (χ1n) is 5.99. The first-order chi connectivity index (χ1) is 8.69. The Hall–Kier alpha value is -1.61. The summed E-state index contributed by atoms with van der Waals surface area (Å²) < 4.78 is 0. The van der Waals surface area contributed by atoms with Gasteiger partial charge < -0.3 is 5.11 Å². The maximum absolute atomic E-state index is 11.8. The summed E-state index contributed by atoms with van der Waals surface area (Å²) in [5.41, 5.74) is 1.15. The fraction of sp³-hybridized carbons (Fsp3) is 0.267. The Morgan fingerprint density at radius 3 is 2.50 bits per heavy atom. The minimum atomic E-state index is -0.817. The number of aliphatic carboxylic acids is 1. The van der Waals surface area contributed by atoms with Crippen molar-refractivity contribution in [3.8, 4) is 0 Å². The summed E-state index contributed by atoms with van der Waals surface area (Å²) in [5.74, 6) is -0.748. The van der Waals surface area contributed by atoms with Gasteiger partial charge >= 0.3 is 5.97 Å². The second-order valence-corrected chi connectivity index (χ2v) is 5.20. The summed E-state index contributed by atoms with van der Waals surface area (Å²) in [4.78, 5) is 11.8. The predicted octanol–water partition coefficient (Wildman–Crippen LogP) is 3.72. The highest BCUT2D eigenvalue weighted by molar-refractivity contribution is 7.07. The molecule has 0 aliphatic rings. The molecule has 0 amide bonds. The van der Waals surface area contributed by atoms with Gasteiger partial charge in [0.25, 0.3) is 0 Å². The number of carboxylic acids is 1. The lowest BCUT2D eigenvalue weighted by Gasteiger charge is -2.28. The number of rotatable bonds is 5. The first-order valence-corrected chi connectivity index (χ1v) is 6.93. The van der Waals surface area contributed by atoms with E-state index in [1.54, 1.807) is 11.3 Å². The van der Waals surface area contributed by atoms with E-state index in [1.807, 2.05) is 54.1 Å². The van der Waals surface area contributed by atoms with Gasteiger partial charge in [-0.15, -0.1) is 0 Å². The van der Waals surface area contributed by atoms with Crippen molar-refractivity contribution in [2.45, 2.75) is 25.2 Å². The molecule has 0 aliphatic heterocycles. The van der Waals surface area contributed by atoms with Crippen LogP contribution in [-0.4, -0.2) is 11.1 Å². The van der Waals surface area contributed by atoms with Gasteiger partial charge in [-0.25, -0.2) is 0 Å². The van der Waals surface area contributed by atoms with Gasteiger partial charge in [0.05, 0.1) is 5.41 Å². The monoisotopic (exact) mass is 260 g/mol. The number of hydrogen-bond acceptors (Lipinski definition) is 2.